The number of nitrogens with two attached hydrogens (primary N) is 1. The molecule has 0 radical (unpaired) electrons. The van der Waals surface area contributed by atoms with Crippen molar-refractivity contribution in [3.63, 3.8) is 0 Å². The largest absolute Gasteiger partial charge is 0.416 e. The van der Waals surface area contributed by atoms with Crippen LogP contribution in [0.25, 0.3) is 10.4 Å². The number of primary amides is 1. The third-order valence-corrected chi connectivity index (χ3v) is 7.30. The number of hydrogen-bond donors (Lipinski definition) is 2. The van der Waals surface area contributed by atoms with Crippen molar-refractivity contribution in [3.05, 3.63) is 64.3 Å². The number of aromatic nitrogens is 1. The highest BCUT2D eigenvalue weighted by molar-refractivity contribution is 7.17. The summed E-state index contributed by atoms with van der Waals surface area (Å²) in [7, 11) is 3.94. The number of nitrogens with zero attached hydrogens (tertiary/aromatic N) is 3. The third kappa shape index (κ3) is 6.28. The zero-order valence-electron chi connectivity index (χ0n) is 20.7. The second-order valence-electron chi connectivity index (χ2n) is 9.51. The highest BCUT2D eigenvalue weighted by Crippen LogP contribution is 2.35. The van der Waals surface area contributed by atoms with Crippen molar-refractivity contribution >= 4 is 34.5 Å². The highest BCUT2D eigenvalue weighted by Gasteiger charge is 2.33. The summed E-state index contributed by atoms with van der Waals surface area (Å²) in [6.45, 7) is 3.97. The molecule has 1 fully saturated rings. The Morgan fingerprint density at radius 1 is 1.22 bits per heavy atom. The van der Waals surface area contributed by atoms with E-state index in [1.165, 1.54) is 12.3 Å². The van der Waals surface area contributed by atoms with Crippen molar-refractivity contribution in [1.29, 1.82) is 0 Å². The maximum absolute atomic E-state index is 13.7. The van der Waals surface area contributed by atoms with E-state index >= 15 is 0 Å². The molecule has 0 bridgehead atoms. The van der Waals surface area contributed by atoms with Crippen LogP contribution in [0, 0.1) is 12.8 Å². The van der Waals surface area contributed by atoms with Gasteiger partial charge in [0.25, 0.3) is 11.8 Å². The highest BCUT2D eigenvalue weighted by atomic mass is 32.1. The second kappa shape index (κ2) is 10.5. The van der Waals surface area contributed by atoms with Crippen LogP contribution in [0.4, 0.5) is 24.5 Å². The van der Waals surface area contributed by atoms with Gasteiger partial charge >= 0.3 is 6.18 Å². The van der Waals surface area contributed by atoms with Gasteiger partial charge in [0.1, 0.15) is 0 Å². The molecule has 2 amide bonds. The molecule has 4 rings (SSSR count). The smallest absolute Gasteiger partial charge is 0.371 e. The summed E-state index contributed by atoms with van der Waals surface area (Å²) < 4.78 is 41.2. The summed E-state index contributed by atoms with van der Waals surface area (Å²) in [6.07, 6.45) is -2.19. The van der Waals surface area contributed by atoms with Crippen LogP contribution in [0.1, 0.15) is 37.7 Å². The van der Waals surface area contributed by atoms with Crippen LogP contribution in [-0.2, 0) is 6.18 Å². The van der Waals surface area contributed by atoms with Crippen molar-refractivity contribution < 1.29 is 22.8 Å². The first-order chi connectivity index (χ1) is 17.4. The van der Waals surface area contributed by atoms with E-state index < -0.39 is 23.6 Å². The summed E-state index contributed by atoms with van der Waals surface area (Å²) >= 11 is 1.12. The quantitative estimate of drug-likeness (QED) is 0.454. The lowest BCUT2D eigenvalue weighted by atomic mass is 10.1. The van der Waals surface area contributed by atoms with Crippen LogP contribution in [-0.4, -0.2) is 55.4 Å². The molecule has 7 nitrogen and oxygen atoms in total. The lowest BCUT2D eigenvalue weighted by molar-refractivity contribution is -0.137. The van der Waals surface area contributed by atoms with Crippen molar-refractivity contribution in [3.8, 4) is 10.4 Å². The standard InChI is InChI=1S/C26H28F3N5O2S/c1-15-4-5-19(11-21(15)22-12-31-25(37-22)23(30)35)32-24(36)17-8-18(26(27,28)29)10-20(9-17)34-7-6-16(14-34)13-33(2)3/h4-5,8-12,16H,6-7,13-14H2,1-3H3,(H2,30,35)(H,32,36)/t16-/m1/s1. The predicted octanol–water partition coefficient (Wildman–Crippen LogP) is 4.88. The van der Waals surface area contributed by atoms with E-state index in [0.29, 0.717) is 35.3 Å². The average molecular weight is 532 g/mol. The summed E-state index contributed by atoms with van der Waals surface area (Å²) in [5.41, 5.74) is 6.76. The molecule has 1 aromatic heterocycles. The number of aryl methyl sites for hydroxylation is 1. The number of carbonyl (C=O) groups excluding carboxylic acids is 2. The third-order valence-electron chi connectivity index (χ3n) is 6.26. The molecule has 11 heteroatoms. The first-order valence-electron chi connectivity index (χ1n) is 11.7. The molecule has 3 aromatic rings. The second-order valence-corrected chi connectivity index (χ2v) is 10.5. The number of hydrogen-bond acceptors (Lipinski definition) is 6. The van der Waals surface area contributed by atoms with Crippen LogP contribution >= 0.6 is 11.3 Å². The molecule has 196 valence electrons. The van der Waals surface area contributed by atoms with Gasteiger partial charge in [-0.2, -0.15) is 13.2 Å². The number of amides is 2. The number of anilines is 2. The molecule has 0 saturated carbocycles. The SMILES string of the molecule is Cc1ccc(NC(=O)c2cc(N3CC[C@H](CN(C)C)C3)cc(C(F)(F)F)c2)cc1-c1cnc(C(N)=O)s1. The van der Waals surface area contributed by atoms with E-state index in [2.05, 4.69) is 15.2 Å². The monoisotopic (exact) mass is 531 g/mol. The summed E-state index contributed by atoms with van der Waals surface area (Å²) in [5, 5.41) is 2.88. The first-order valence-corrected chi connectivity index (χ1v) is 12.5. The Morgan fingerprint density at radius 2 is 1.97 bits per heavy atom. The molecule has 1 aliphatic rings. The lowest BCUT2D eigenvalue weighted by Crippen LogP contribution is -2.26. The molecular formula is C26H28F3N5O2S. The Hall–Kier alpha value is -3.44. The first kappa shape index (κ1) is 26.6. The molecule has 37 heavy (non-hydrogen) atoms. The lowest BCUT2D eigenvalue weighted by Gasteiger charge is -2.22. The van der Waals surface area contributed by atoms with Crippen LogP contribution < -0.4 is 16.0 Å². The Bertz CT molecular complexity index is 1320. The summed E-state index contributed by atoms with van der Waals surface area (Å²) in [5.74, 6) is -0.937. The molecule has 1 aliphatic heterocycles. The van der Waals surface area contributed by atoms with Crippen LogP contribution in [0.3, 0.4) is 0 Å². The maximum Gasteiger partial charge on any atom is 0.416 e. The molecule has 3 N–H and O–H groups in total. The minimum atomic E-state index is -4.59. The minimum absolute atomic E-state index is 0.0724. The van der Waals surface area contributed by atoms with Crippen LogP contribution in [0.5, 0.6) is 0 Å². The summed E-state index contributed by atoms with van der Waals surface area (Å²) in [6, 6.07) is 8.66. The number of thiazole rings is 1. The van der Waals surface area contributed by atoms with Gasteiger partial charge in [-0.05, 0) is 74.8 Å². The van der Waals surface area contributed by atoms with E-state index in [4.69, 9.17) is 5.73 Å². The van der Waals surface area contributed by atoms with Gasteiger partial charge in [0.2, 0.25) is 0 Å². The summed E-state index contributed by atoms with van der Waals surface area (Å²) in [4.78, 5) is 33.2. The van der Waals surface area contributed by atoms with Gasteiger partial charge < -0.3 is 20.9 Å². The van der Waals surface area contributed by atoms with Gasteiger partial charge in [-0.25, -0.2) is 4.98 Å². The molecule has 0 aliphatic carbocycles. The molecule has 0 spiro atoms. The average Bonchev–Trinajstić information content (AvgIpc) is 3.49. The Balaban J connectivity index is 1.60. The van der Waals surface area contributed by atoms with E-state index in [1.807, 2.05) is 25.9 Å². The molecule has 1 saturated heterocycles. The number of alkyl halides is 3. The Kier molecular flexibility index (Phi) is 7.56. The molecule has 2 heterocycles. The number of carbonyl (C=O) groups is 2. The van der Waals surface area contributed by atoms with Crippen molar-refractivity contribution in [1.82, 2.24) is 9.88 Å². The normalized spacial score (nSPS) is 15.9. The number of benzene rings is 2. The maximum atomic E-state index is 13.7. The molecule has 1 atom stereocenters. The van der Waals surface area contributed by atoms with Crippen molar-refractivity contribution in [2.75, 3.05) is 43.9 Å². The van der Waals surface area contributed by atoms with Gasteiger partial charge in [-0.3, -0.25) is 9.59 Å². The fourth-order valence-electron chi connectivity index (χ4n) is 4.50. The number of rotatable bonds is 7. The number of halogens is 3. The van der Waals surface area contributed by atoms with E-state index in [0.717, 1.165) is 47.6 Å². The molecule has 2 aromatic carbocycles. The van der Waals surface area contributed by atoms with Gasteiger partial charge in [0.05, 0.1) is 10.4 Å². The zero-order chi connectivity index (χ0) is 26.9. The van der Waals surface area contributed by atoms with Crippen LogP contribution in [0.2, 0.25) is 0 Å². The minimum Gasteiger partial charge on any atom is -0.371 e. The Labute approximate surface area is 217 Å². The number of nitrogens with one attached hydrogen (secondary N) is 1. The van der Waals surface area contributed by atoms with E-state index in [1.54, 1.807) is 18.2 Å². The predicted molar refractivity (Wildman–Crippen MR) is 139 cm³/mol. The fraction of sp³-hybridized carbons (Fsp3) is 0.346. The fourth-order valence-corrected chi connectivity index (χ4v) is 5.35. The van der Waals surface area contributed by atoms with Gasteiger partial charge in [0.15, 0.2) is 5.01 Å². The van der Waals surface area contributed by atoms with Gasteiger partial charge in [-0.15, -0.1) is 11.3 Å². The topological polar surface area (TPSA) is 91.6 Å². The van der Waals surface area contributed by atoms with Crippen LogP contribution in [0.15, 0.2) is 42.6 Å². The zero-order valence-corrected chi connectivity index (χ0v) is 21.5. The molecular weight excluding hydrogens is 503 g/mol. The van der Waals surface area contributed by atoms with Gasteiger partial charge in [0, 0.05) is 42.8 Å². The van der Waals surface area contributed by atoms with E-state index in [-0.39, 0.29) is 10.6 Å². The van der Waals surface area contributed by atoms with E-state index in [9.17, 15) is 22.8 Å². The molecule has 0 unspecified atom stereocenters. The van der Waals surface area contributed by atoms with Crippen molar-refractivity contribution in [2.24, 2.45) is 11.7 Å². The van der Waals surface area contributed by atoms with Crippen molar-refractivity contribution in [2.45, 2.75) is 19.5 Å². The van der Waals surface area contributed by atoms with Gasteiger partial charge in [-0.1, -0.05) is 6.07 Å². The Morgan fingerprint density at radius 3 is 2.62 bits per heavy atom.